The smallest absolute Gasteiger partial charge is 0.161 e. The summed E-state index contributed by atoms with van der Waals surface area (Å²) in [7, 11) is 0. The van der Waals surface area contributed by atoms with E-state index in [1.165, 1.54) is 5.56 Å². The monoisotopic (exact) mass is 730 g/mol. The molecular weight excluding hydrogens is 697 g/mol. The summed E-state index contributed by atoms with van der Waals surface area (Å²) in [6.45, 7) is 0. The molecule has 8 aromatic carbocycles. The molecule has 1 aliphatic heterocycles. The summed E-state index contributed by atoms with van der Waals surface area (Å²) in [6, 6.07) is 71.9. The molecule has 0 bridgehead atoms. The van der Waals surface area contributed by atoms with E-state index in [-0.39, 0.29) is 0 Å². The Balaban J connectivity index is 1.06. The van der Waals surface area contributed by atoms with Gasteiger partial charge in [0.15, 0.2) is 5.82 Å². The summed E-state index contributed by atoms with van der Waals surface area (Å²) < 4.78 is 12.8. The van der Waals surface area contributed by atoms with Crippen LogP contribution in [-0.4, -0.2) is 9.97 Å². The lowest BCUT2D eigenvalue weighted by Crippen LogP contribution is -2.34. The summed E-state index contributed by atoms with van der Waals surface area (Å²) in [5.41, 5.74) is 12.4. The van der Waals surface area contributed by atoms with Crippen molar-refractivity contribution < 1.29 is 9.15 Å². The summed E-state index contributed by atoms with van der Waals surface area (Å²) >= 11 is 0. The van der Waals surface area contributed by atoms with Crippen molar-refractivity contribution in [3.05, 3.63) is 229 Å². The van der Waals surface area contributed by atoms with Gasteiger partial charge in [-0.1, -0.05) is 170 Å². The van der Waals surface area contributed by atoms with E-state index in [2.05, 4.69) is 158 Å². The lowest BCUT2D eigenvalue weighted by Gasteiger charge is -2.41. The largest absolute Gasteiger partial charge is 0.457 e. The van der Waals surface area contributed by atoms with Crippen molar-refractivity contribution in [3.8, 4) is 56.5 Å². The molecule has 0 saturated heterocycles. The molecule has 0 N–H and O–H groups in total. The minimum Gasteiger partial charge on any atom is -0.457 e. The molecule has 268 valence electrons. The van der Waals surface area contributed by atoms with Gasteiger partial charge in [0.2, 0.25) is 0 Å². The second-order valence-electron chi connectivity index (χ2n) is 14.5. The van der Waals surface area contributed by atoms with E-state index in [0.29, 0.717) is 5.82 Å². The molecule has 3 heterocycles. The van der Waals surface area contributed by atoms with E-state index in [1.807, 2.05) is 48.5 Å². The maximum absolute atomic E-state index is 6.53. The van der Waals surface area contributed by atoms with Crippen LogP contribution in [0.3, 0.4) is 0 Å². The first-order chi connectivity index (χ1) is 28.2. The van der Waals surface area contributed by atoms with Crippen molar-refractivity contribution >= 4 is 21.9 Å². The number of aromatic nitrogens is 2. The highest BCUT2D eigenvalue weighted by molar-refractivity contribution is 6.05. The van der Waals surface area contributed by atoms with Crippen LogP contribution in [-0.2, 0) is 5.41 Å². The van der Waals surface area contributed by atoms with Gasteiger partial charge in [0.25, 0.3) is 0 Å². The molecule has 4 nitrogen and oxygen atoms in total. The second kappa shape index (κ2) is 13.3. The Morgan fingerprint density at radius 3 is 1.65 bits per heavy atom. The van der Waals surface area contributed by atoms with Gasteiger partial charge in [-0.15, -0.1) is 0 Å². The molecule has 2 aromatic heterocycles. The van der Waals surface area contributed by atoms with Gasteiger partial charge < -0.3 is 9.15 Å². The first kappa shape index (κ1) is 32.8. The van der Waals surface area contributed by atoms with Gasteiger partial charge in [-0.3, -0.25) is 0 Å². The van der Waals surface area contributed by atoms with E-state index in [0.717, 1.165) is 89.3 Å². The van der Waals surface area contributed by atoms with Crippen molar-refractivity contribution in [3.63, 3.8) is 0 Å². The zero-order chi connectivity index (χ0) is 37.8. The predicted molar refractivity (Wildman–Crippen MR) is 229 cm³/mol. The quantitative estimate of drug-likeness (QED) is 0.171. The number of hydrogen-bond acceptors (Lipinski definition) is 4. The Labute approximate surface area is 330 Å². The second-order valence-corrected chi connectivity index (χ2v) is 14.5. The van der Waals surface area contributed by atoms with Crippen LogP contribution in [0, 0.1) is 0 Å². The average molecular weight is 731 g/mol. The fraction of sp³-hybridized carbons (Fsp3) is 0.0189. The molecule has 4 heteroatoms. The molecule has 0 fully saturated rings. The first-order valence-electron chi connectivity index (χ1n) is 19.2. The molecule has 0 amide bonds. The van der Waals surface area contributed by atoms with Crippen LogP contribution in [0.4, 0.5) is 0 Å². The van der Waals surface area contributed by atoms with Crippen molar-refractivity contribution in [2.75, 3.05) is 0 Å². The summed E-state index contributed by atoms with van der Waals surface area (Å²) in [6.07, 6.45) is 0. The predicted octanol–water partition coefficient (Wildman–Crippen LogP) is 13.5. The average Bonchev–Trinajstić information content (AvgIpc) is 3.67. The van der Waals surface area contributed by atoms with E-state index >= 15 is 0 Å². The lowest BCUT2D eigenvalue weighted by molar-refractivity contribution is 0.434. The molecule has 0 radical (unpaired) electrons. The summed E-state index contributed by atoms with van der Waals surface area (Å²) in [5, 5.41) is 2.19. The van der Waals surface area contributed by atoms with Crippen LogP contribution in [0.5, 0.6) is 11.5 Å². The van der Waals surface area contributed by atoms with Crippen LogP contribution in [0.25, 0.3) is 67.0 Å². The number of para-hydroxylation sites is 3. The van der Waals surface area contributed by atoms with Crippen molar-refractivity contribution in [2.45, 2.75) is 5.41 Å². The molecule has 0 saturated carbocycles. The Bertz CT molecular complexity index is 3050. The highest BCUT2D eigenvalue weighted by atomic mass is 16.5. The fourth-order valence-corrected chi connectivity index (χ4v) is 8.66. The maximum Gasteiger partial charge on any atom is 0.161 e. The van der Waals surface area contributed by atoms with Crippen LogP contribution in [0.2, 0.25) is 0 Å². The van der Waals surface area contributed by atoms with Gasteiger partial charge in [0.1, 0.15) is 22.7 Å². The lowest BCUT2D eigenvalue weighted by atomic mass is 9.63. The highest BCUT2D eigenvalue weighted by Gasteiger charge is 2.45. The number of hydrogen-bond donors (Lipinski definition) is 0. The van der Waals surface area contributed by atoms with Gasteiger partial charge in [0, 0.05) is 38.6 Å². The van der Waals surface area contributed by atoms with Crippen molar-refractivity contribution in [2.24, 2.45) is 0 Å². The molecular formula is C53H34N2O2. The van der Waals surface area contributed by atoms with Gasteiger partial charge >= 0.3 is 0 Å². The molecule has 1 aliphatic rings. The minimum absolute atomic E-state index is 0.590. The van der Waals surface area contributed by atoms with E-state index in [4.69, 9.17) is 19.1 Å². The zero-order valence-corrected chi connectivity index (χ0v) is 30.8. The topological polar surface area (TPSA) is 48.2 Å². The Kier molecular flexibility index (Phi) is 7.68. The molecule has 0 unspecified atom stereocenters. The molecule has 0 aliphatic carbocycles. The molecule has 0 spiro atoms. The van der Waals surface area contributed by atoms with Crippen LogP contribution >= 0.6 is 0 Å². The molecule has 10 aromatic rings. The van der Waals surface area contributed by atoms with Crippen molar-refractivity contribution in [1.82, 2.24) is 9.97 Å². The highest BCUT2D eigenvalue weighted by Crippen LogP contribution is 2.55. The van der Waals surface area contributed by atoms with E-state index in [1.54, 1.807) is 0 Å². The van der Waals surface area contributed by atoms with Gasteiger partial charge in [0.05, 0.1) is 16.8 Å². The standard InChI is InChI=1S/C53H34N2O2/c1-3-15-36(16-4-1)46-34-47(37-29-32-42-41-20-9-12-24-48(41)56-51(42)33-37)55-52(54-46)43-21-8-7-19-40(43)35-27-30-39(31-28-35)53(38-17-5-2-6-18-38)44-22-10-13-25-49(44)57-50-26-14-11-23-45(50)53/h1-34H. The van der Waals surface area contributed by atoms with Crippen LogP contribution < -0.4 is 4.74 Å². The van der Waals surface area contributed by atoms with E-state index < -0.39 is 5.41 Å². The third-order valence-electron chi connectivity index (χ3n) is 11.3. The van der Waals surface area contributed by atoms with Gasteiger partial charge in [-0.25, -0.2) is 9.97 Å². The summed E-state index contributed by atoms with van der Waals surface area (Å²) in [4.78, 5) is 10.5. The number of ether oxygens (including phenoxy) is 1. The van der Waals surface area contributed by atoms with Gasteiger partial charge in [-0.2, -0.15) is 0 Å². The number of furan rings is 1. The number of rotatable bonds is 6. The minimum atomic E-state index is -0.590. The number of fused-ring (bicyclic) bond motifs is 5. The molecule has 57 heavy (non-hydrogen) atoms. The van der Waals surface area contributed by atoms with Crippen LogP contribution in [0.15, 0.2) is 211 Å². The summed E-state index contributed by atoms with van der Waals surface area (Å²) in [5.74, 6) is 2.38. The number of benzene rings is 8. The first-order valence-corrected chi connectivity index (χ1v) is 19.2. The van der Waals surface area contributed by atoms with E-state index in [9.17, 15) is 0 Å². The normalized spacial score (nSPS) is 12.8. The van der Waals surface area contributed by atoms with Crippen molar-refractivity contribution in [1.29, 1.82) is 0 Å². The molecule has 0 atom stereocenters. The maximum atomic E-state index is 6.53. The Morgan fingerprint density at radius 2 is 0.912 bits per heavy atom. The SMILES string of the molecule is c1ccc(-c2cc(-c3ccc4c(c3)oc3ccccc34)nc(-c3ccccc3-c3ccc(C4(c5ccccc5)c5ccccc5Oc5ccccc54)cc3)n2)cc1. The third-order valence-corrected chi connectivity index (χ3v) is 11.3. The Hall–Kier alpha value is -7.56. The fourth-order valence-electron chi connectivity index (χ4n) is 8.66. The Morgan fingerprint density at radius 1 is 0.368 bits per heavy atom. The number of nitrogens with zero attached hydrogens (tertiary/aromatic N) is 2. The zero-order valence-electron chi connectivity index (χ0n) is 30.8. The van der Waals surface area contributed by atoms with Gasteiger partial charge in [-0.05, 0) is 58.7 Å². The third kappa shape index (κ3) is 5.37. The van der Waals surface area contributed by atoms with Crippen LogP contribution in [0.1, 0.15) is 22.3 Å². The molecule has 11 rings (SSSR count).